The van der Waals surface area contributed by atoms with Crippen LogP contribution < -0.4 is 10.6 Å². The molecule has 0 aliphatic carbocycles. The second kappa shape index (κ2) is 6.53. The Morgan fingerprint density at radius 3 is 2.67 bits per heavy atom. The summed E-state index contributed by atoms with van der Waals surface area (Å²) in [5, 5.41) is 6.43. The number of rotatable bonds is 6. The monoisotopic (exact) mass is 255 g/mol. The lowest BCUT2D eigenvalue weighted by Crippen LogP contribution is -2.51. The third-order valence-electron chi connectivity index (χ3n) is 3.94. The topological polar surface area (TPSA) is 44.4 Å². The van der Waals surface area contributed by atoms with E-state index < -0.39 is 0 Å². The van der Waals surface area contributed by atoms with Gasteiger partial charge in [-0.15, -0.1) is 0 Å². The van der Waals surface area contributed by atoms with Crippen LogP contribution >= 0.6 is 0 Å². The highest BCUT2D eigenvalue weighted by Crippen LogP contribution is 2.13. The molecule has 4 nitrogen and oxygen atoms in total. The van der Waals surface area contributed by atoms with E-state index in [-0.39, 0.29) is 17.5 Å². The molecule has 0 aromatic carbocycles. The fourth-order valence-electron chi connectivity index (χ4n) is 2.16. The maximum Gasteiger partial charge on any atom is 0.237 e. The second-order valence-corrected chi connectivity index (χ2v) is 6.27. The van der Waals surface area contributed by atoms with E-state index in [1.54, 1.807) is 0 Å². The molecule has 1 amide bonds. The van der Waals surface area contributed by atoms with Gasteiger partial charge in [-0.25, -0.2) is 0 Å². The van der Waals surface area contributed by atoms with Crippen molar-refractivity contribution in [1.29, 1.82) is 0 Å². The molecule has 2 atom stereocenters. The van der Waals surface area contributed by atoms with E-state index in [0.717, 1.165) is 19.5 Å². The van der Waals surface area contributed by atoms with Gasteiger partial charge in [-0.3, -0.25) is 4.79 Å². The van der Waals surface area contributed by atoms with Crippen LogP contribution in [0.4, 0.5) is 0 Å². The Morgan fingerprint density at radius 2 is 2.17 bits per heavy atom. The quantitative estimate of drug-likeness (QED) is 0.750. The van der Waals surface area contributed by atoms with Gasteiger partial charge in [0.15, 0.2) is 0 Å². The molecule has 0 saturated carbocycles. The van der Waals surface area contributed by atoms with Crippen molar-refractivity contribution < 1.29 is 4.79 Å². The van der Waals surface area contributed by atoms with Crippen LogP contribution in [0.5, 0.6) is 0 Å². The fourth-order valence-corrected chi connectivity index (χ4v) is 2.16. The summed E-state index contributed by atoms with van der Waals surface area (Å²) in [5.41, 5.74) is -0.111. The number of carbonyl (C=O) groups excluding carboxylic acids is 1. The van der Waals surface area contributed by atoms with Gasteiger partial charge in [0, 0.05) is 12.1 Å². The lowest BCUT2D eigenvalue weighted by Gasteiger charge is -2.27. The molecular formula is C14H29N3O. The average Bonchev–Trinajstić information content (AvgIpc) is 2.71. The van der Waals surface area contributed by atoms with Crippen molar-refractivity contribution in [1.82, 2.24) is 15.5 Å². The minimum atomic E-state index is -0.111. The number of hydrogen-bond acceptors (Lipinski definition) is 3. The normalized spacial score (nSPS) is 23.1. The molecule has 0 aromatic heterocycles. The van der Waals surface area contributed by atoms with Crippen LogP contribution in [0.3, 0.4) is 0 Å². The number of amides is 1. The highest BCUT2D eigenvalue weighted by molar-refractivity contribution is 5.81. The third-order valence-corrected chi connectivity index (χ3v) is 3.94. The van der Waals surface area contributed by atoms with Crippen LogP contribution in [0.1, 0.15) is 40.5 Å². The molecule has 0 bridgehead atoms. The van der Waals surface area contributed by atoms with E-state index in [9.17, 15) is 4.79 Å². The minimum Gasteiger partial charge on any atom is -0.350 e. The zero-order valence-corrected chi connectivity index (χ0v) is 12.5. The summed E-state index contributed by atoms with van der Waals surface area (Å²) in [6.07, 6.45) is 2.18. The van der Waals surface area contributed by atoms with Crippen LogP contribution in [0.2, 0.25) is 0 Å². The van der Waals surface area contributed by atoms with E-state index in [2.05, 4.69) is 43.4 Å². The Bertz CT molecular complexity index is 278. The third kappa shape index (κ3) is 4.94. The summed E-state index contributed by atoms with van der Waals surface area (Å²) in [4.78, 5) is 14.3. The van der Waals surface area contributed by atoms with Crippen LogP contribution in [-0.2, 0) is 4.79 Å². The first kappa shape index (κ1) is 15.4. The Labute approximate surface area is 111 Å². The molecule has 0 spiro atoms. The molecule has 1 heterocycles. The maximum atomic E-state index is 12.0. The molecule has 4 heteroatoms. The summed E-state index contributed by atoms with van der Waals surface area (Å²) >= 11 is 0. The SMILES string of the molecule is CCC(C)(C)NC(=O)C(C)NCC1CCN(C)C1. The smallest absolute Gasteiger partial charge is 0.237 e. The van der Waals surface area contributed by atoms with Crippen LogP contribution in [0, 0.1) is 5.92 Å². The number of likely N-dealkylation sites (tertiary alicyclic amines) is 1. The summed E-state index contributed by atoms with van der Waals surface area (Å²) in [6.45, 7) is 11.4. The van der Waals surface area contributed by atoms with Crippen LogP contribution in [0.25, 0.3) is 0 Å². The molecule has 18 heavy (non-hydrogen) atoms. The van der Waals surface area contributed by atoms with Gasteiger partial charge in [0.2, 0.25) is 5.91 Å². The highest BCUT2D eigenvalue weighted by atomic mass is 16.2. The average molecular weight is 255 g/mol. The molecule has 0 aromatic rings. The second-order valence-electron chi connectivity index (χ2n) is 6.27. The van der Waals surface area contributed by atoms with E-state index in [1.807, 2.05) is 6.92 Å². The van der Waals surface area contributed by atoms with Gasteiger partial charge in [0.05, 0.1) is 6.04 Å². The first-order chi connectivity index (χ1) is 8.34. The Kier molecular flexibility index (Phi) is 5.60. The zero-order chi connectivity index (χ0) is 13.8. The maximum absolute atomic E-state index is 12.0. The Balaban J connectivity index is 2.27. The first-order valence-electron chi connectivity index (χ1n) is 7.08. The fraction of sp³-hybridized carbons (Fsp3) is 0.929. The van der Waals surface area contributed by atoms with Crippen molar-refractivity contribution in [3.05, 3.63) is 0 Å². The molecule has 1 rings (SSSR count). The van der Waals surface area contributed by atoms with Gasteiger partial charge in [0.1, 0.15) is 0 Å². The van der Waals surface area contributed by atoms with Crippen molar-refractivity contribution in [2.75, 3.05) is 26.7 Å². The number of hydrogen-bond donors (Lipinski definition) is 2. The van der Waals surface area contributed by atoms with Crippen molar-refractivity contribution >= 4 is 5.91 Å². The molecule has 2 N–H and O–H groups in total. The lowest BCUT2D eigenvalue weighted by molar-refractivity contribution is -0.124. The van der Waals surface area contributed by atoms with Crippen molar-refractivity contribution in [3.8, 4) is 0 Å². The Morgan fingerprint density at radius 1 is 1.50 bits per heavy atom. The van der Waals surface area contributed by atoms with Gasteiger partial charge in [-0.1, -0.05) is 6.92 Å². The van der Waals surface area contributed by atoms with Crippen molar-refractivity contribution in [3.63, 3.8) is 0 Å². The molecule has 1 fully saturated rings. The summed E-state index contributed by atoms with van der Waals surface area (Å²) in [6, 6.07) is -0.110. The van der Waals surface area contributed by atoms with Gasteiger partial charge < -0.3 is 15.5 Å². The highest BCUT2D eigenvalue weighted by Gasteiger charge is 2.24. The Hall–Kier alpha value is -0.610. The molecule has 2 unspecified atom stereocenters. The molecule has 1 aliphatic rings. The largest absolute Gasteiger partial charge is 0.350 e. The van der Waals surface area contributed by atoms with E-state index in [0.29, 0.717) is 5.92 Å². The van der Waals surface area contributed by atoms with Crippen LogP contribution in [0.15, 0.2) is 0 Å². The lowest BCUT2D eigenvalue weighted by atomic mass is 10.0. The molecule has 106 valence electrons. The van der Waals surface area contributed by atoms with Gasteiger partial charge >= 0.3 is 0 Å². The van der Waals surface area contributed by atoms with E-state index in [1.165, 1.54) is 13.0 Å². The number of nitrogens with zero attached hydrogens (tertiary/aromatic N) is 1. The van der Waals surface area contributed by atoms with Crippen LogP contribution in [-0.4, -0.2) is 49.1 Å². The molecule has 0 radical (unpaired) electrons. The van der Waals surface area contributed by atoms with Crippen molar-refractivity contribution in [2.24, 2.45) is 5.92 Å². The summed E-state index contributed by atoms with van der Waals surface area (Å²) < 4.78 is 0. The van der Waals surface area contributed by atoms with Crippen molar-refractivity contribution in [2.45, 2.75) is 52.1 Å². The number of carbonyl (C=O) groups is 1. The number of nitrogens with one attached hydrogen (secondary N) is 2. The van der Waals surface area contributed by atoms with Gasteiger partial charge in [-0.2, -0.15) is 0 Å². The molecule has 1 aliphatic heterocycles. The first-order valence-corrected chi connectivity index (χ1v) is 7.08. The molecule has 1 saturated heterocycles. The van der Waals surface area contributed by atoms with Gasteiger partial charge in [-0.05, 0) is 59.7 Å². The van der Waals surface area contributed by atoms with E-state index in [4.69, 9.17) is 0 Å². The zero-order valence-electron chi connectivity index (χ0n) is 12.5. The van der Waals surface area contributed by atoms with E-state index >= 15 is 0 Å². The minimum absolute atomic E-state index is 0.105. The van der Waals surface area contributed by atoms with Gasteiger partial charge in [0.25, 0.3) is 0 Å². The standard InChI is InChI=1S/C14H29N3O/c1-6-14(3,4)16-13(18)11(2)15-9-12-7-8-17(5)10-12/h11-12,15H,6-10H2,1-5H3,(H,16,18). The predicted octanol–water partition coefficient (Wildman–Crippen LogP) is 1.22. The summed E-state index contributed by atoms with van der Waals surface area (Å²) in [5.74, 6) is 0.789. The molecular weight excluding hydrogens is 226 g/mol. The predicted molar refractivity (Wildman–Crippen MR) is 75.6 cm³/mol. The summed E-state index contributed by atoms with van der Waals surface area (Å²) in [7, 11) is 2.15.